The number of alkyl halides is 3. The summed E-state index contributed by atoms with van der Waals surface area (Å²) in [5, 5.41) is 7.27. The van der Waals surface area contributed by atoms with E-state index in [1.54, 1.807) is 12.1 Å². The Morgan fingerprint density at radius 3 is 2.46 bits per heavy atom. The molecule has 0 aliphatic heterocycles. The van der Waals surface area contributed by atoms with Crippen LogP contribution in [0.5, 0.6) is 5.75 Å². The van der Waals surface area contributed by atoms with E-state index in [1.165, 1.54) is 24.6 Å². The van der Waals surface area contributed by atoms with E-state index < -0.39 is 17.7 Å². The van der Waals surface area contributed by atoms with Crippen molar-refractivity contribution in [3.63, 3.8) is 0 Å². The first-order valence-electron chi connectivity index (χ1n) is 6.69. The largest absolute Gasteiger partial charge is 0.423 e. The number of carbonyl (C=O) groups excluding carboxylic acids is 1. The molecule has 0 aliphatic rings. The number of halogens is 3. The Kier molecular flexibility index (Phi) is 4.03. The average Bonchev–Trinajstić information content (AvgIpc) is 3.09. The monoisotopic (exact) mass is 334 g/mol. The van der Waals surface area contributed by atoms with Gasteiger partial charge in [-0.1, -0.05) is 6.07 Å². The molecule has 8 heteroatoms. The van der Waals surface area contributed by atoms with E-state index in [0.717, 1.165) is 18.2 Å². The van der Waals surface area contributed by atoms with Gasteiger partial charge >= 0.3 is 12.1 Å². The Bertz CT molecular complexity index is 844. The quantitative estimate of drug-likeness (QED) is 0.535. The van der Waals surface area contributed by atoms with Gasteiger partial charge in [0.1, 0.15) is 5.75 Å². The van der Waals surface area contributed by atoms with Gasteiger partial charge < -0.3 is 9.15 Å². The fraction of sp³-hybridized carbons (Fsp3) is 0.0625. The highest BCUT2D eigenvalue weighted by Crippen LogP contribution is 2.30. The molecule has 0 fully saturated rings. The van der Waals surface area contributed by atoms with Crippen LogP contribution in [0.15, 0.2) is 59.3 Å². The fourth-order valence-corrected chi connectivity index (χ4v) is 1.95. The minimum absolute atomic E-state index is 0.181. The number of esters is 1. The van der Waals surface area contributed by atoms with Gasteiger partial charge in [0.25, 0.3) is 0 Å². The summed E-state index contributed by atoms with van der Waals surface area (Å²) in [6.07, 6.45) is -3.35. The molecule has 0 spiro atoms. The zero-order valence-electron chi connectivity index (χ0n) is 11.9. The van der Waals surface area contributed by atoms with Crippen molar-refractivity contribution in [2.24, 2.45) is 0 Å². The van der Waals surface area contributed by atoms with Crippen LogP contribution < -0.4 is 4.74 Å². The van der Waals surface area contributed by atoms with Gasteiger partial charge in [0.05, 0.1) is 11.1 Å². The lowest BCUT2D eigenvalue weighted by Gasteiger charge is -2.09. The Hall–Kier alpha value is -3.16. The average molecular weight is 334 g/mol. The molecule has 0 aliphatic carbocycles. The van der Waals surface area contributed by atoms with E-state index in [4.69, 9.17) is 9.15 Å². The fourth-order valence-electron chi connectivity index (χ4n) is 1.95. The lowest BCUT2D eigenvalue weighted by molar-refractivity contribution is -0.137. The molecule has 0 amide bonds. The van der Waals surface area contributed by atoms with Crippen LogP contribution >= 0.6 is 0 Å². The van der Waals surface area contributed by atoms with Gasteiger partial charge in [0.2, 0.25) is 12.3 Å². The van der Waals surface area contributed by atoms with E-state index in [-0.39, 0.29) is 11.3 Å². The van der Waals surface area contributed by atoms with Crippen molar-refractivity contribution < 1.29 is 27.1 Å². The zero-order valence-corrected chi connectivity index (χ0v) is 11.9. The number of aromatic nitrogens is 2. The minimum Gasteiger partial charge on any atom is -0.423 e. The summed E-state index contributed by atoms with van der Waals surface area (Å²) in [4.78, 5) is 12.0. The van der Waals surface area contributed by atoms with Crippen LogP contribution in [-0.2, 0) is 6.18 Å². The molecule has 0 saturated heterocycles. The normalized spacial score (nSPS) is 11.3. The Morgan fingerprint density at radius 1 is 1.08 bits per heavy atom. The van der Waals surface area contributed by atoms with Crippen molar-refractivity contribution in [2.75, 3.05) is 0 Å². The number of rotatable bonds is 3. The molecule has 0 N–H and O–H groups in total. The highest BCUT2D eigenvalue weighted by Gasteiger charge is 2.31. The SMILES string of the molecule is O=C(Oc1ccc(-c2nnco2)cc1)c1cccc(C(F)(F)F)c1. The van der Waals surface area contributed by atoms with Gasteiger partial charge in [-0.15, -0.1) is 10.2 Å². The summed E-state index contributed by atoms with van der Waals surface area (Å²) < 4.78 is 48.1. The second-order valence-electron chi connectivity index (χ2n) is 4.74. The van der Waals surface area contributed by atoms with Gasteiger partial charge in [0.15, 0.2) is 0 Å². The zero-order chi connectivity index (χ0) is 17.2. The van der Waals surface area contributed by atoms with Crippen LogP contribution in [0.3, 0.4) is 0 Å². The molecular weight excluding hydrogens is 325 g/mol. The molecule has 0 atom stereocenters. The number of hydrogen-bond acceptors (Lipinski definition) is 5. The Balaban J connectivity index is 1.75. The minimum atomic E-state index is -4.53. The second-order valence-corrected chi connectivity index (χ2v) is 4.74. The predicted octanol–water partition coefficient (Wildman–Crippen LogP) is 3.97. The Labute approximate surface area is 133 Å². The molecule has 24 heavy (non-hydrogen) atoms. The van der Waals surface area contributed by atoms with Gasteiger partial charge in [-0.25, -0.2) is 4.79 Å². The van der Waals surface area contributed by atoms with Crippen LogP contribution in [0.2, 0.25) is 0 Å². The van der Waals surface area contributed by atoms with Gasteiger partial charge in [-0.3, -0.25) is 0 Å². The molecule has 0 radical (unpaired) electrons. The van der Waals surface area contributed by atoms with E-state index >= 15 is 0 Å². The third kappa shape index (κ3) is 3.43. The summed E-state index contributed by atoms with van der Waals surface area (Å²) >= 11 is 0. The lowest BCUT2D eigenvalue weighted by Crippen LogP contribution is -2.11. The number of ether oxygens (including phenoxy) is 1. The number of carbonyl (C=O) groups is 1. The number of nitrogens with zero attached hydrogens (tertiary/aromatic N) is 2. The maximum absolute atomic E-state index is 12.7. The molecule has 0 unspecified atom stereocenters. The van der Waals surface area contributed by atoms with E-state index in [2.05, 4.69) is 10.2 Å². The van der Waals surface area contributed by atoms with Crippen LogP contribution in [0.25, 0.3) is 11.5 Å². The maximum Gasteiger partial charge on any atom is 0.416 e. The van der Waals surface area contributed by atoms with Crippen molar-refractivity contribution in [3.05, 3.63) is 66.1 Å². The number of benzene rings is 2. The van der Waals surface area contributed by atoms with Crippen molar-refractivity contribution in [1.82, 2.24) is 10.2 Å². The molecule has 1 aromatic heterocycles. The third-order valence-corrected chi connectivity index (χ3v) is 3.10. The Morgan fingerprint density at radius 2 is 1.83 bits per heavy atom. The van der Waals surface area contributed by atoms with Crippen LogP contribution in [0.4, 0.5) is 13.2 Å². The summed E-state index contributed by atoms with van der Waals surface area (Å²) in [5.74, 6) is -0.405. The highest BCUT2D eigenvalue weighted by molar-refractivity contribution is 5.91. The molecule has 1 heterocycles. The van der Waals surface area contributed by atoms with Gasteiger partial charge in [-0.2, -0.15) is 13.2 Å². The number of hydrogen-bond donors (Lipinski definition) is 0. The van der Waals surface area contributed by atoms with Crippen molar-refractivity contribution in [2.45, 2.75) is 6.18 Å². The van der Waals surface area contributed by atoms with Crippen LogP contribution in [0.1, 0.15) is 15.9 Å². The van der Waals surface area contributed by atoms with E-state index in [9.17, 15) is 18.0 Å². The summed E-state index contributed by atoms with van der Waals surface area (Å²) in [6.45, 7) is 0. The first kappa shape index (κ1) is 15.7. The molecule has 3 rings (SSSR count). The first-order valence-corrected chi connectivity index (χ1v) is 6.69. The predicted molar refractivity (Wildman–Crippen MR) is 76.1 cm³/mol. The van der Waals surface area contributed by atoms with E-state index in [1.807, 2.05) is 0 Å². The molecule has 122 valence electrons. The second kappa shape index (κ2) is 6.15. The van der Waals surface area contributed by atoms with Crippen molar-refractivity contribution in [3.8, 4) is 17.2 Å². The molecule has 2 aromatic carbocycles. The standard InChI is InChI=1S/C16H9F3N2O3/c17-16(18,19)12-3-1-2-11(8-12)15(22)24-13-6-4-10(5-7-13)14-21-20-9-23-14/h1-9H. The molecule has 0 saturated carbocycles. The van der Waals surface area contributed by atoms with Crippen molar-refractivity contribution in [1.29, 1.82) is 0 Å². The maximum atomic E-state index is 12.7. The highest BCUT2D eigenvalue weighted by atomic mass is 19.4. The molecular formula is C16H9F3N2O3. The van der Waals surface area contributed by atoms with Crippen molar-refractivity contribution >= 4 is 5.97 Å². The molecule has 3 aromatic rings. The molecule has 5 nitrogen and oxygen atoms in total. The smallest absolute Gasteiger partial charge is 0.416 e. The first-order chi connectivity index (χ1) is 11.4. The lowest BCUT2D eigenvalue weighted by atomic mass is 10.1. The van der Waals surface area contributed by atoms with Crippen LogP contribution in [0, 0.1) is 0 Å². The summed E-state index contributed by atoms with van der Waals surface area (Å²) in [5.41, 5.74) is -0.485. The molecule has 0 bridgehead atoms. The summed E-state index contributed by atoms with van der Waals surface area (Å²) in [6, 6.07) is 10.2. The topological polar surface area (TPSA) is 65.2 Å². The van der Waals surface area contributed by atoms with Gasteiger partial charge in [0, 0.05) is 5.56 Å². The van der Waals surface area contributed by atoms with Crippen LogP contribution in [-0.4, -0.2) is 16.2 Å². The third-order valence-electron chi connectivity index (χ3n) is 3.10. The summed E-state index contributed by atoms with van der Waals surface area (Å²) in [7, 11) is 0. The van der Waals surface area contributed by atoms with E-state index in [0.29, 0.717) is 11.5 Å². The van der Waals surface area contributed by atoms with Gasteiger partial charge in [-0.05, 0) is 42.5 Å².